The van der Waals surface area contributed by atoms with E-state index in [9.17, 15) is 8.78 Å². The summed E-state index contributed by atoms with van der Waals surface area (Å²) in [5, 5.41) is 0. The number of aromatic nitrogens is 1. The Kier molecular flexibility index (Phi) is 4.63. The molecule has 1 aromatic carbocycles. The number of nitrogens with zero attached hydrogens (tertiary/aromatic N) is 2. The normalized spacial score (nSPS) is 10.6. The Morgan fingerprint density at radius 3 is 2.60 bits per heavy atom. The van der Waals surface area contributed by atoms with E-state index in [1.807, 2.05) is 18.2 Å². The molecular formula is C15H17F2N3. The van der Waals surface area contributed by atoms with Crippen LogP contribution in [0.3, 0.4) is 0 Å². The lowest BCUT2D eigenvalue weighted by Gasteiger charge is -2.20. The third kappa shape index (κ3) is 3.11. The van der Waals surface area contributed by atoms with Crippen LogP contribution in [0, 0.1) is 11.6 Å². The van der Waals surface area contributed by atoms with Crippen molar-refractivity contribution in [3.63, 3.8) is 0 Å². The maximum Gasteiger partial charge on any atom is 0.182 e. The first kappa shape index (κ1) is 14.4. The minimum Gasteiger partial charge on any atom is -0.372 e. The summed E-state index contributed by atoms with van der Waals surface area (Å²) in [7, 11) is 1.73. The Morgan fingerprint density at radius 1 is 1.15 bits per heavy atom. The number of hydrogen-bond acceptors (Lipinski definition) is 3. The highest BCUT2D eigenvalue weighted by Crippen LogP contribution is 2.23. The Hall–Kier alpha value is -2.01. The average molecular weight is 277 g/mol. The first-order valence-corrected chi connectivity index (χ1v) is 6.41. The van der Waals surface area contributed by atoms with Crippen molar-refractivity contribution in [3.8, 4) is 0 Å². The Morgan fingerprint density at radius 2 is 1.95 bits per heavy atom. The Labute approximate surface area is 117 Å². The van der Waals surface area contributed by atoms with Crippen molar-refractivity contribution in [2.24, 2.45) is 5.73 Å². The van der Waals surface area contributed by atoms with Crippen LogP contribution >= 0.6 is 0 Å². The molecule has 0 saturated carbocycles. The van der Waals surface area contributed by atoms with Gasteiger partial charge >= 0.3 is 0 Å². The molecule has 5 heteroatoms. The molecule has 2 N–H and O–H groups in total. The SMILES string of the molecule is CN(CCc1ccccn1)c1ccc(CN)c(F)c1F. The molecule has 0 fully saturated rings. The second-order valence-electron chi connectivity index (χ2n) is 4.57. The van der Waals surface area contributed by atoms with E-state index in [2.05, 4.69) is 4.98 Å². The lowest BCUT2D eigenvalue weighted by atomic mass is 10.1. The zero-order valence-electron chi connectivity index (χ0n) is 11.3. The number of hydrogen-bond donors (Lipinski definition) is 1. The lowest BCUT2D eigenvalue weighted by Crippen LogP contribution is -2.22. The molecule has 106 valence electrons. The molecule has 0 unspecified atom stereocenters. The van der Waals surface area contributed by atoms with E-state index >= 15 is 0 Å². The van der Waals surface area contributed by atoms with Gasteiger partial charge in [-0.15, -0.1) is 0 Å². The zero-order chi connectivity index (χ0) is 14.5. The molecular weight excluding hydrogens is 260 g/mol. The molecule has 2 aromatic rings. The van der Waals surface area contributed by atoms with Gasteiger partial charge in [-0.05, 0) is 18.2 Å². The Bertz CT molecular complexity index is 573. The molecule has 0 aliphatic rings. The first-order chi connectivity index (χ1) is 9.63. The molecule has 0 aliphatic carbocycles. The predicted octanol–water partition coefficient (Wildman–Crippen LogP) is 2.50. The maximum absolute atomic E-state index is 13.9. The van der Waals surface area contributed by atoms with Gasteiger partial charge in [0.05, 0.1) is 5.69 Å². The van der Waals surface area contributed by atoms with Crippen LogP contribution in [0.1, 0.15) is 11.3 Å². The number of rotatable bonds is 5. The number of benzene rings is 1. The van der Waals surface area contributed by atoms with E-state index in [4.69, 9.17) is 5.73 Å². The third-order valence-corrected chi connectivity index (χ3v) is 3.20. The lowest BCUT2D eigenvalue weighted by molar-refractivity contribution is 0.498. The minimum absolute atomic E-state index is 0.0132. The molecule has 20 heavy (non-hydrogen) atoms. The zero-order valence-corrected chi connectivity index (χ0v) is 11.3. The van der Waals surface area contributed by atoms with Crippen LogP contribution in [0.15, 0.2) is 36.5 Å². The summed E-state index contributed by atoms with van der Waals surface area (Å²) in [4.78, 5) is 5.87. The second-order valence-corrected chi connectivity index (χ2v) is 4.57. The molecule has 0 radical (unpaired) electrons. The highest BCUT2D eigenvalue weighted by atomic mass is 19.2. The van der Waals surface area contributed by atoms with Gasteiger partial charge in [-0.25, -0.2) is 8.78 Å². The Balaban J connectivity index is 2.10. The van der Waals surface area contributed by atoms with Gasteiger partial charge in [0.25, 0.3) is 0 Å². The molecule has 0 aliphatic heterocycles. The second kappa shape index (κ2) is 6.43. The molecule has 3 nitrogen and oxygen atoms in total. The summed E-state index contributed by atoms with van der Waals surface area (Å²) < 4.78 is 27.6. The third-order valence-electron chi connectivity index (χ3n) is 3.20. The van der Waals surface area contributed by atoms with Gasteiger partial charge in [-0.2, -0.15) is 0 Å². The van der Waals surface area contributed by atoms with Crippen molar-refractivity contribution in [3.05, 3.63) is 59.4 Å². The van der Waals surface area contributed by atoms with Crippen molar-refractivity contribution in [1.29, 1.82) is 0 Å². The van der Waals surface area contributed by atoms with Crippen LogP contribution in [0.4, 0.5) is 14.5 Å². The molecule has 0 atom stereocenters. The van der Waals surface area contributed by atoms with Gasteiger partial charge in [-0.1, -0.05) is 12.1 Å². The fourth-order valence-electron chi connectivity index (χ4n) is 1.98. The van der Waals surface area contributed by atoms with E-state index in [-0.39, 0.29) is 17.8 Å². The van der Waals surface area contributed by atoms with Crippen molar-refractivity contribution in [2.45, 2.75) is 13.0 Å². The number of anilines is 1. The van der Waals surface area contributed by atoms with E-state index < -0.39 is 11.6 Å². The fraction of sp³-hybridized carbons (Fsp3) is 0.267. The van der Waals surface area contributed by atoms with Crippen LogP contribution in [0.5, 0.6) is 0 Å². The summed E-state index contributed by atoms with van der Waals surface area (Å²) in [6.07, 6.45) is 2.38. The molecule has 0 spiro atoms. The van der Waals surface area contributed by atoms with Crippen molar-refractivity contribution in [2.75, 3.05) is 18.5 Å². The van der Waals surface area contributed by atoms with E-state index in [0.717, 1.165) is 5.69 Å². The van der Waals surface area contributed by atoms with Crippen LogP contribution < -0.4 is 10.6 Å². The van der Waals surface area contributed by atoms with Crippen molar-refractivity contribution < 1.29 is 8.78 Å². The van der Waals surface area contributed by atoms with Crippen LogP contribution in [0.2, 0.25) is 0 Å². The molecule has 1 heterocycles. The molecule has 0 bridgehead atoms. The summed E-state index contributed by atoms with van der Waals surface area (Å²) in [5.74, 6) is -1.72. The molecule has 1 aromatic heterocycles. The number of likely N-dealkylation sites (N-methyl/N-ethyl adjacent to an activating group) is 1. The minimum atomic E-state index is -0.866. The molecule has 0 saturated heterocycles. The average Bonchev–Trinajstić information content (AvgIpc) is 2.48. The van der Waals surface area contributed by atoms with Crippen LogP contribution in [-0.2, 0) is 13.0 Å². The van der Waals surface area contributed by atoms with E-state index in [1.165, 1.54) is 6.07 Å². The summed E-state index contributed by atoms with van der Waals surface area (Å²) in [5.41, 5.74) is 6.68. The highest BCUT2D eigenvalue weighted by molar-refractivity contribution is 5.49. The summed E-state index contributed by atoms with van der Waals surface area (Å²) in [6.45, 7) is 0.538. The summed E-state index contributed by atoms with van der Waals surface area (Å²) in [6, 6.07) is 8.72. The van der Waals surface area contributed by atoms with Gasteiger partial charge in [0, 0.05) is 44.0 Å². The van der Waals surface area contributed by atoms with Gasteiger partial charge < -0.3 is 10.6 Å². The van der Waals surface area contributed by atoms with Crippen molar-refractivity contribution in [1.82, 2.24) is 4.98 Å². The van der Waals surface area contributed by atoms with E-state index in [1.54, 1.807) is 24.2 Å². The van der Waals surface area contributed by atoms with Gasteiger partial charge in [0.1, 0.15) is 0 Å². The largest absolute Gasteiger partial charge is 0.372 e. The predicted molar refractivity (Wildman–Crippen MR) is 75.5 cm³/mol. The fourth-order valence-corrected chi connectivity index (χ4v) is 1.98. The van der Waals surface area contributed by atoms with Gasteiger partial charge in [0.2, 0.25) is 0 Å². The highest BCUT2D eigenvalue weighted by Gasteiger charge is 2.15. The van der Waals surface area contributed by atoms with Gasteiger partial charge in [0.15, 0.2) is 11.6 Å². The monoisotopic (exact) mass is 277 g/mol. The summed E-state index contributed by atoms with van der Waals surface area (Å²) >= 11 is 0. The van der Waals surface area contributed by atoms with Gasteiger partial charge in [-0.3, -0.25) is 4.98 Å². The smallest absolute Gasteiger partial charge is 0.182 e. The van der Waals surface area contributed by atoms with Crippen LogP contribution in [0.25, 0.3) is 0 Å². The standard InChI is InChI=1S/C15H17F2N3/c1-20(9-7-12-4-2-3-8-19-12)13-6-5-11(10-18)14(16)15(13)17/h2-6,8H,7,9-10,18H2,1H3. The first-order valence-electron chi connectivity index (χ1n) is 6.41. The number of halogens is 2. The van der Waals surface area contributed by atoms with Crippen molar-refractivity contribution >= 4 is 5.69 Å². The quantitative estimate of drug-likeness (QED) is 0.913. The number of pyridine rings is 1. The van der Waals surface area contributed by atoms with E-state index in [0.29, 0.717) is 13.0 Å². The molecule has 0 amide bonds. The topological polar surface area (TPSA) is 42.2 Å². The molecule has 2 rings (SSSR count). The maximum atomic E-state index is 13.9. The van der Waals surface area contributed by atoms with Crippen LogP contribution in [-0.4, -0.2) is 18.6 Å². The number of nitrogens with two attached hydrogens (primary N) is 1.